The Balaban J connectivity index is 1.86. The highest BCUT2D eigenvalue weighted by Gasteiger charge is 2.11. The molecule has 2 nitrogen and oxygen atoms in total. The summed E-state index contributed by atoms with van der Waals surface area (Å²) in [7, 11) is 2.04. The second-order valence-corrected chi connectivity index (χ2v) is 6.42. The second kappa shape index (κ2) is 6.20. The molecule has 0 fully saturated rings. The molecule has 0 bridgehead atoms. The van der Waals surface area contributed by atoms with Crippen molar-refractivity contribution in [2.45, 2.75) is 19.8 Å². The molecule has 1 heterocycles. The van der Waals surface area contributed by atoms with E-state index in [4.69, 9.17) is 0 Å². The van der Waals surface area contributed by atoms with Crippen molar-refractivity contribution in [3.05, 3.63) is 67.0 Å². The van der Waals surface area contributed by atoms with Crippen LogP contribution >= 0.6 is 23.5 Å². The Morgan fingerprint density at radius 1 is 0.800 bits per heavy atom. The first-order chi connectivity index (χ1) is 9.83. The van der Waals surface area contributed by atoms with Gasteiger partial charge >= 0.3 is 0 Å². The minimum absolute atomic E-state index is 1.05. The van der Waals surface area contributed by atoms with Gasteiger partial charge in [-0.05, 0) is 24.3 Å². The Labute approximate surface area is 127 Å². The third-order valence-electron chi connectivity index (χ3n) is 2.77. The molecule has 0 aliphatic rings. The number of aryl methyl sites for hydroxylation is 1. The van der Waals surface area contributed by atoms with Gasteiger partial charge < -0.3 is 4.57 Å². The van der Waals surface area contributed by atoms with Crippen LogP contribution in [0.3, 0.4) is 0 Å². The number of hydrogen-bond acceptors (Lipinski definition) is 3. The average Bonchev–Trinajstić information content (AvgIpc) is 2.83. The molecule has 0 unspecified atom stereocenters. The Morgan fingerprint density at radius 3 is 1.95 bits per heavy atom. The average molecular weight is 298 g/mol. The van der Waals surface area contributed by atoms with Gasteiger partial charge in [0.1, 0.15) is 10.1 Å². The molecular formula is C16H14N2S2. The van der Waals surface area contributed by atoms with Crippen LogP contribution in [0.1, 0.15) is 0 Å². The van der Waals surface area contributed by atoms with Gasteiger partial charge in [0.15, 0.2) is 0 Å². The molecule has 20 heavy (non-hydrogen) atoms. The number of nitrogens with zero attached hydrogens (tertiary/aromatic N) is 2. The van der Waals surface area contributed by atoms with Gasteiger partial charge in [0, 0.05) is 16.8 Å². The van der Waals surface area contributed by atoms with Crippen molar-refractivity contribution in [1.29, 1.82) is 0 Å². The van der Waals surface area contributed by atoms with Crippen LogP contribution in [0.15, 0.2) is 86.8 Å². The number of hydrogen-bond donors (Lipinski definition) is 0. The molecule has 3 rings (SSSR count). The van der Waals surface area contributed by atoms with Gasteiger partial charge in [-0.3, -0.25) is 0 Å². The summed E-state index contributed by atoms with van der Waals surface area (Å²) in [4.78, 5) is 6.95. The predicted molar refractivity (Wildman–Crippen MR) is 84.3 cm³/mol. The summed E-state index contributed by atoms with van der Waals surface area (Å²) in [6, 6.07) is 20.7. The maximum atomic E-state index is 4.51. The SMILES string of the molecule is Cn1cnc(Sc2ccccc2)c1Sc1ccccc1. The zero-order chi connectivity index (χ0) is 13.8. The van der Waals surface area contributed by atoms with Crippen molar-refractivity contribution in [2.75, 3.05) is 0 Å². The summed E-state index contributed by atoms with van der Waals surface area (Å²) in [5.74, 6) is 0. The van der Waals surface area contributed by atoms with Gasteiger partial charge in [0.2, 0.25) is 0 Å². The molecule has 0 aliphatic carbocycles. The molecule has 100 valence electrons. The van der Waals surface area contributed by atoms with Crippen molar-refractivity contribution in [3.63, 3.8) is 0 Å². The number of aromatic nitrogens is 2. The van der Waals surface area contributed by atoms with E-state index in [1.54, 1.807) is 23.5 Å². The fourth-order valence-corrected chi connectivity index (χ4v) is 3.73. The fourth-order valence-electron chi connectivity index (χ4n) is 1.78. The van der Waals surface area contributed by atoms with Crippen molar-refractivity contribution in [1.82, 2.24) is 9.55 Å². The topological polar surface area (TPSA) is 17.8 Å². The zero-order valence-corrected chi connectivity index (χ0v) is 12.7. The van der Waals surface area contributed by atoms with Crippen molar-refractivity contribution < 1.29 is 0 Å². The Kier molecular flexibility index (Phi) is 4.14. The van der Waals surface area contributed by atoms with Gasteiger partial charge in [-0.1, -0.05) is 59.9 Å². The number of benzene rings is 2. The molecule has 0 aliphatic heterocycles. The molecular weight excluding hydrogens is 284 g/mol. The van der Waals surface area contributed by atoms with Crippen LogP contribution in [0.4, 0.5) is 0 Å². The Bertz CT molecular complexity index is 678. The summed E-state index contributed by atoms with van der Waals surface area (Å²) in [5.41, 5.74) is 0. The summed E-state index contributed by atoms with van der Waals surface area (Å²) < 4.78 is 2.07. The van der Waals surface area contributed by atoms with Crippen LogP contribution in [0, 0.1) is 0 Å². The van der Waals surface area contributed by atoms with Gasteiger partial charge in [0.05, 0.1) is 6.33 Å². The van der Waals surface area contributed by atoms with Crippen LogP contribution in [0.2, 0.25) is 0 Å². The van der Waals surface area contributed by atoms with Crippen LogP contribution in [-0.2, 0) is 7.05 Å². The molecule has 0 N–H and O–H groups in total. The quantitative estimate of drug-likeness (QED) is 0.694. The molecule has 4 heteroatoms. The van der Waals surface area contributed by atoms with Crippen LogP contribution in [0.5, 0.6) is 0 Å². The van der Waals surface area contributed by atoms with E-state index in [9.17, 15) is 0 Å². The second-order valence-electron chi connectivity index (χ2n) is 4.30. The van der Waals surface area contributed by atoms with Gasteiger partial charge in [-0.15, -0.1) is 0 Å². The van der Waals surface area contributed by atoms with Crippen molar-refractivity contribution >= 4 is 23.5 Å². The molecule has 3 aromatic rings. The normalized spacial score (nSPS) is 10.7. The molecule has 0 saturated heterocycles. The lowest BCUT2D eigenvalue weighted by Crippen LogP contribution is -1.88. The highest BCUT2D eigenvalue weighted by Crippen LogP contribution is 2.37. The lowest BCUT2D eigenvalue weighted by molar-refractivity contribution is 0.807. The first-order valence-corrected chi connectivity index (χ1v) is 7.93. The first kappa shape index (κ1) is 13.3. The van der Waals surface area contributed by atoms with Crippen molar-refractivity contribution in [3.8, 4) is 0 Å². The number of imidazole rings is 1. The largest absolute Gasteiger partial charge is 0.328 e. The lowest BCUT2D eigenvalue weighted by Gasteiger charge is -2.05. The van der Waals surface area contributed by atoms with Crippen LogP contribution in [0.25, 0.3) is 0 Å². The highest BCUT2D eigenvalue weighted by molar-refractivity contribution is 8.02. The van der Waals surface area contributed by atoms with Crippen LogP contribution < -0.4 is 0 Å². The van der Waals surface area contributed by atoms with E-state index in [1.807, 2.05) is 25.5 Å². The third-order valence-corrected chi connectivity index (χ3v) is 5.08. The highest BCUT2D eigenvalue weighted by atomic mass is 32.2. The molecule has 2 aromatic carbocycles. The monoisotopic (exact) mass is 298 g/mol. The van der Waals surface area contributed by atoms with E-state index in [0.29, 0.717) is 0 Å². The molecule has 0 atom stereocenters. The van der Waals surface area contributed by atoms with E-state index in [1.165, 1.54) is 14.8 Å². The summed E-state index contributed by atoms with van der Waals surface area (Å²) >= 11 is 3.45. The molecule has 1 aromatic heterocycles. The fraction of sp³-hybridized carbons (Fsp3) is 0.0625. The Hall–Kier alpha value is -1.65. The van der Waals surface area contributed by atoms with E-state index >= 15 is 0 Å². The van der Waals surface area contributed by atoms with E-state index in [0.717, 1.165) is 5.03 Å². The summed E-state index contributed by atoms with van der Waals surface area (Å²) in [6.07, 6.45) is 1.87. The predicted octanol–water partition coefficient (Wildman–Crippen LogP) is 4.72. The molecule has 0 saturated carbocycles. The maximum Gasteiger partial charge on any atom is 0.133 e. The van der Waals surface area contributed by atoms with Crippen molar-refractivity contribution in [2.24, 2.45) is 7.05 Å². The summed E-state index contributed by atoms with van der Waals surface area (Å²) in [6.45, 7) is 0. The smallest absolute Gasteiger partial charge is 0.133 e. The van der Waals surface area contributed by atoms with E-state index in [2.05, 4.69) is 58.1 Å². The number of rotatable bonds is 4. The van der Waals surface area contributed by atoms with Gasteiger partial charge in [-0.2, -0.15) is 0 Å². The molecule has 0 amide bonds. The first-order valence-electron chi connectivity index (χ1n) is 6.30. The summed E-state index contributed by atoms with van der Waals surface area (Å²) in [5, 5.41) is 2.22. The van der Waals surface area contributed by atoms with Crippen LogP contribution in [-0.4, -0.2) is 9.55 Å². The van der Waals surface area contributed by atoms with Gasteiger partial charge in [-0.25, -0.2) is 4.98 Å². The Morgan fingerprint density at radius 2 is 1.35 bits per heavy atom. The maximum absolute atomic E-state index is 4.51. The van der Waals surface area contributed by atoms with E-state index in [-0.39, 0.29) is 0 Å². The minimum Gasteiger partial charge on any atom is -0.328 e. The standard InChI is InChI=1S/C16H14N2S2/c1-18-12-17-15(19-13-8-4-2-5-9-13)16(18)20-14-10-6-3-7-11-14/h2-12H,1H3. The lowest BCUT2D eigenvalue weighted by atomic mass is 10.4. The zero-order valence-electron chi connectivity index (χ0n) is 11.1. The van der Waals surface area contributed by atoms with Gasteiger partial charge in [0.25, 0.3) is 0 Å². The van der Waals surface area contributed by atoms with E-state index < -0.39 is 0 Å². The minimum atomic E-state index is 1.05. The third kappa shape index (κ3) is 3.08. The molecule has 0 spiro atoms. The molecule has 0 radical (unpaired) electrons.